The van der Waals surface area contributed by atoms with Gasteiger partial charge in [0.15, 0.2) is 5.76 Å². The Morgan fingerprint density at radius 1 is 1.21 bits per heavy atom. The quantitative estimate of drug-likeness (QED) is 0.651. The monoisotopic (exact) mass is 327 g/mol. The van der Waals surface area contributed by atoms with Gasteiger partial charge in [0.2, 0.25) is 5.91 Å². The molecule has 0 unspecified atom stereocenters. The van der Waals surface area contributed by atoms with E-state index in [1.165, 1.54) is 11.3 Å². The normalized spacial score (nSPS) is 11.2. The Labute approximate surface area is 141 Å². The molecule has 0 aliphatic rings. The number of carbonyl (C=O) groups is 2. The van der Waals surface area contributed by atoms with E-state index in [1.807, 2.05) is 26.0 Å². The zero-order chi connectivity index (χ0) is 17.5. The van der Waals surface area contributed by atoms with Crippen molar-refractivity contribution in [2.75, 3.05) is 12.4 Å². The molecular weight excluding hydrogens is 306 g/mol. The Bertz CT molecular complexity index is 718. The lowest BCUT2D eigenvalue weighted by Crippen LogP contribution is -2.22. The number of furan rings is 1. The van der Waals surface area contributed by atoms with E-state index in [4.69, 9.17) is 4.42 Å². The molecule has 24 heavy (non-hydrogen) atoms. The van der Waals surface area contributed by atoms with Gasteiger partial charge in [-0.1, -0.05) is 19.1 Å². The molecule has 0 saturated carbocycles. The minimum Gasteiger partial charge on any atom is -0.459 e. The Kier molecular flexibility index (Phi) is 5.89. The van der Waals surface area contributed by atoms with E-state index in [1.54, 1.807) is 31.3 Å². The van der Waals surface area contributed by atoms with Crippen LogP contribution in [0.2, 0.25) is 0 Å². The van der Waals surface area contributed by atoms with Gasteiger partial charge in [0, 0.05) is 19.2 Å². The van der Waals surface area contributed by atoms with Crippen molar-refractivity contribution in [1.29, 1.82) is 0 Å². The molecule has 1 N–H and O–H groups in total. The number of anilines is 1. The van der Waals surface area contributed by atoms with Gasteiger partial charge in [-0.05, 0) is 43.2 Å². The number of amides is 2. The number of nitrogens with one attached hydrogen (secondary N) is 1. The van der Waals surface area contributed by atoms with Gasteiger partial charge >= 0.3 is 0 Å². The van der Waals surface area contributed by atoms with E-state index in [9.17, 15) is 9.59 Å². The van der Waals surface area contributed by atoms with Crippen LogP contribution in [0, 0.1) is 0 Å². The fraction of sp³-hybridized carbons (Fsp3) is 0.278. The second kappa shape index (κ2) is 8.10. The largest absolute Gasteiger partial charge is 0.459 e. The average molecular weight is 327 g/mol. The van der Waals surface area contributed by atoms with Crippen LogP contribution in [0.5, 0.6) is 0 Å². The van der Waals surface area contributed by atoms with Gasteiger partial charge < -0.3 is 9.73 Å². The Morgan fingerprint density at radius 3 is 2.50 bits per heavy atom. The van der Waals surface area contributed by atoms with Gasteiger partial charge in [-0.15, -0.1) is 0 Å². The van der Waals surface area contributed by atoms with E-state index in [0.717, 1.165) is 17.7 Å². The molecule has 0 atom stereocenters. The molecule has 126 valence electrons. The Morgan fingerprint density at radius 2 is 1.92 bits per heavy atom. The van der Waals surface area contributed by atoms with Crippen molar-refractivity contribution in [1.82, 2.24) is 5.01 Å². The molecule has 6 heteroatoms. The highest BCUT2D eigenvalue weighted by molar-refractivity contribution is 6.03. The van der Waals surface area contributed by atoms with Gasteiger partial charge in [0.25, 0.3) is 5.91 Å². The maximum Gasteiger partial charge on any atom is 0.291 e. The standard InChI is InChI=1S/C18H21N3O3/c1-4-6-17(22)21(3)20-13(2)14-8-10-15(11-9-14)19-18(23)16-7-5-12-24-16/h5,7-12H,4,6H2,1-3H3,(H,19,23)/b20-13+. The molecule has 1 aromatic heterocycles. The van der Waals surface area contributed by atoms with E-state index in [-0.39, 0.29) is 17.6 Å². The van der Waals surface area contributed by atoms with Crippen molar-refractivity contribution in [3.8, 4) is 0 Å². The van der Waals surface area contributed by atoms with Crippen molar-refractivity contribution in [2.24, 2.45) is 5.10 Å². The summed E-state index contributed by atoms with van der Waals surface area (Å²) in [4.78, 5) is 23.7. The smallest absolute Gasteiger partial charge is 0.291 e. The van der Waals surface area contributed by atoms with Crippen LogP contribution in [-0.4, -0.2) is 29.6 Å². The molecular formula is C18H21N3O3. The van der Waals surface area contributed by atoms with Crippen molar-refractivity contribution < 1.29 is 14.0 Å². The summed E-state index contributed by atoms with van der Waals surface area (Å²) in [5.41, 5.74) is 2.26. The molecule has 1 heterocycles. The van der Waals surface area contributed by atoms with E-state index < -0.39 is 0 Å². The molecule has 2 aromatic rings. The zero-order valence-corrected chi connectivity index (χ0v) is 14.1. The number of carbonyl (C=O) groups excluding carboxylic acids is 2. The molecule has 0 radical (unpaired) electrons. The predicted molar refractivity (Wildman–Crippen MR) is 93.0 cm³/mol. The molecule has 0 saturated heterocycles. The van der Waals surface area contributed by atoms with Crippen LogP contribution in [0.4, 0.5) is 5.69 Å². The van der Waals surface area contributed by atoms with Crippen LogP contribution in [0.3, 0.4) is 0 Å². The first kappa shape index (κ1) is 17.5. The highest BCUT2D eigenvalue weighted by Gasteiger charge is 2.10. The summed E-state index contributed by atoms with van der Waals surface area (Å²) >= 11 is 0. The van der Waals surface area contributed by atoms with E-state index in [0.29, 0.717) is 12.1 Å². The molecule has 0 aliphatic heterocycles. The third-order valence-electron chi connectivity index (χ3n) is 3.43. The zero-order valence-electron chi connectivity index (χ0n) is 14.1. The second-order valence-corrected chi connectivity index (χ2v) is 5.36. The molecule has 0 bridgehead atoms. The van der Waals surface area contributed by atoms with Gasteiger partial charge in [0.1, 0.15) is 0 Å². The highest BCUT2D eigenvalue weighted by Crippen LogP contribution is 2.13. The van der Waals surface area contributed by atoms with Crippen LogP contribution >= 0.6 is 0 Å². The lowest BCUT2D eigenvalue weighted by Gasteiger charge is -2.12. The molecule has 6 nitrogen and oxygen atoms in total. The number of nitrogens with zero attached hydrogens (tertiary/aromatic N) is 2. The number of benzene rings is 1. The highest BCUT2D eigenvalue weighted by atomic mass is 16.3. The first-order valence-corrected chi connectivity index (χ1v) is 7.78. The lowest BCUT2D eigenvalue weighted by atomic mass is 10.1. The second-order valence-electron chi connectivity index (χ2n) is 5.36. The first-order chi connectivity index (χ1) is 11.5. The van der Waals surface area contributed by atoms with E-state index in [2.05, 4.69) is 10.4 Å². The van der Waals surface area contributed by atoms with E-state index >= 15 is 0 Å². The fourth-order valence-electron chi connectivity index (χ4n) is 2.11. The van der Waals surface area contributed by atoms with Crippen LogP contribution in [-0.2, 0) is 4.79 Å². The fourth-order valence-corrected chi connectivity index (χ4v) is 2.11. The molecule has 0 fully saturated rings. The molecule has 2 rings (SSSR count). The minimum atomic E-state index is -0.303. The van der Waals surface area contributed by atoms with Gasteiger partial charge in [-0.2, -0.15) is 5.10 Å². The molecule has 0 aliphatic carbocycles. The first-order valence-electron chi connectivity index (χ1n) is 7.78. The third kappa shape index (κ3) is 4.55. The number of hydrogen-bond donors (Lipinski definition) is 1. The van der Waals surface area contributed by atoms with Crippen LogP contribution in [0.1, 0.15) is 42.8 Å². The summed E-state index contributed by atoms with van der Waals surface area (Å²) in [6, 6.07) is 10.5. The molecule has 2 amide bonds. The minimum absolute atomic E-state index is 0.0146. The summed E-state index contributed by atoms with van der Waals surface area (Å²) in [7, 11) is 1.65. The van der Waals surface area contributed by atoms with Gasteiger partial charge in [-0.25, -0.2) is 5.01 Å². The maximum absolute atomic E-state index is 11.9. The summed E-state index contributed by atoms with van der Waals surface area (Å²) in [5.74, 6) is -0.0601. The van der Waals surface area contributed by atoms with Crippen molar-refractivity contribution >= 4 is 23.2 Å². The molecule has 0 spiro atoms. The predicted octanol–water partition coefficient (Wildman–Crippen LogP) is 3.51. The average Bonchev–Trinajstić information content (AvgIpc) is 3.10. The van der Waals surface area contributed by atoms with Gasteiger partial charge in [-0.3, -0.25) is 9.59 Å². The summed E-state index contributed by atoms with van der Waals surface area (Å²) in [6.45, 7) is 3.80. The molecule has 1 aromatic carbocycles. The summed E-state index contributed by atoms with van der Waals surface area (Å²) in [5, 5.41) is 8.41. The lowest BCUT2D eigenvalue weighted by molar-refractivity contribution is -0.129. The maximum atomic E-state index is 11.9. The SMILES string of the molecule is CCCC(=O)N(C)/N=C(\C)c1ccc(NC(=O)c2ccco2)cc1. The van der Waals surface area contributed by atoms with Crippen LogP contribution < -0.4 is 5.32 Å². The number of hydrogen-bond acceptors (Lipinski definition) is 4. The van der Waals surface area contributed by atoms with Crippen molar-refractivity contribution in [3.63, 3.8) is 0 Å². The van der Waals surface area contributed by atoms with Crippen LogP contribution in [0.25, 0.3) is 0 Å². The Hall–Kier alpha value is -2.89. The topological polar surface area (TPSA) is 74.9 Å². The van der Waals surface area contributed by atoms with Crippen molar-refractivity contribution in [2.45, 2.75) is 26.7 Å². The third-order valence-corrected chi connectivity index (χ3v) is 3.43. The summed E-state index contributed by atoms with van der Waals surface area (Å²) in [6.07, 6.45) is 2.72. The summed E-state index contributed by atoms with van der Waals surface area (Å²) < 4.78 is 5.05. The number of hydrazone groups is 1. The Balaban J connectivity index is 2.03. The number of rotatable bonds is 6. The van der Waals surface area contributed by atoms with Crippen LogP contribution in [0.15, 0.2) is 52.2 Å². The van der Waals surface area contributed by atoms with Gasteiger partial charge in [0.05, 0.1) is 12.0 Å². The van der Waals surface area contributed by atoms with Crippen molar-refractivity contribution in [3.05, 3.63) is 54.0 Å².